The van der Waals surface area contributed by atoms with Gasteiger partial charge in [0, 0.05) is 18.8 Å². The summed E-state index contributed by atoms with van der Waals surface area (Å²) in [5.74, 6) is -0.947. The molecule has 1 N–H and O–H groups in total. The molecule has 0 radical (unpaired) electrons. The number of carbonyl (C=O) groups is 1. The standard InChI is InChI=1S/C8H9N5O2/c1-12-3-6(2-9-12)7-4-13(11-10-7)5-8(14)15/h2-4H,5H2,1H3,(H,14,15). The van der Waals surface area contributed by atoms with Crippen molar-refractivity contribution in [3.63, 3.8) is 0 Å². The van der Waals surface area contributed by atoms with Gasteiger partial charge in [0.05, 0.1) is 12.4 Å². The predicted molar refractivity (Wildman–Crippen MR) is 49.9 cm³/mol. The Morgan fingerprint density at radius 2 is 2.33 bits per heavy atom. The van der Waals surface area contributed by atoms with Crippen molar-refractivity contribution in [1.82, 2.24) is 24.8 Å². The summed E-state index contributed by atoms with van der Waals surface area (Å²) >= 11 is 0. The fourth-order valence-corrected chi connectivity index (χ4v) is 1.20. The molecule has 7 nitrogen and oxygen atoms in total. The fourth-order valence-electron chi connectivity index (χ4n) is 1.20. The molecule has 0 aliphatic heterocycles. The van der Waals surface area contributed by atoms with Crippen molar-refractivity contribution in [3.05, 3.63) is 18.6 Å². The lowest BCUT2D eigenvalue weighted by atomic mass is 10.3. The molecule has 0 spiro atoms. The number of carboxylic acid groups (broad SMARTS) is 1. The summed E-state index contributed by atoms with van der Waals surface area (Å²) in [5.41, 5.74) is 1.43. The van der Waals surface area contributed by atoms with Crippen LogP contribution in [0.15, 0.2) is 18.6 Å². The molecule has 0 amide bonds. The first kappa shape index (κ1) is 9.38. The predicted octanol–water partition coefficient (Wildman–Crippen LogP) is -0.237. The van der Waals surface area contributed by atoms with Crippen LogP contribution in [0.4, 0.5) is 0 Å². The molecule has 0 atom stereocenters. The van der Waals surface area contributed by atoms with E-state index in [0.717, 1.165) is 5.56 Å². The minimum Gasteiger partial charge on any atom is -0.480 e. The number of aryl methyl sites for hydroxylation is 1. The van der Waals surface area contributed by atoms with Crippen molar-refractivity contribution in [3.8, 4) is 11.3 Å². The second-order valence-electron chi connectivity index (χ2n) is 3.10. The zero-order chi connectivity index (χ0) is 10.8. The number of hydrogen-bond acceptors (Lipinski definition) is 4. The van der Waals surface area contributed by atoms with Gasteiger partial charge in [-0.05, 0) is 0 Å². The van der Waals surface area contributed by atoms with Gasteiger partial charge in [0.25, 0.3) is 0 Å². The van der Waals surface area contributed by atoms with E-state index in [1.54, 1.807) is 30.3 Å². The first-order valence-corrected chi connectivity index (χ1v) is 4.26. The molecule has 2 rings (SSSR count). The number of aromatic nitrogens is 5. The summed E-state index contributed by atoms with van der Waals surface area (Å²) in [6, 6.07) is 0. The molecule has 2 heterocycles. The normalized spacial score (nSPS) is 10.5. The van der Waals surface area contributed by atoms with Crippen LogP contribution >= 0.6 is 0 Å². The number of rotatable bonds is 3. The molecule has 0 aromatic carbocycles. The van der Waals surface area contributed by atoms with Gasteiger partial charge in [0.2, 0.25) is 0 Å². The van der Waals surface area contributed by atoms with Gasteiger partial charge < -0.3 is 5.11 Å². The Labute approximate surface area is 84.9 Å². The topological polar surface area (TPSA) is 85.8 Å². The van der Waals surface area contributed by atoms with E-state index in [1.807, 2.05) is 0 Å². The summed E-state index contributed by atoms with van der Waals surface area (Å²) in [6.45, 7) is -0.187. The summed E-state index contributed by atoms with van der Waals surface area (Å²) in [6.07, 6.45) is 5.01. The third-order valence-corrected chi connectivity index (χ3v) is 1.84. The minimum absolute atomic E-state index is 0.187. The van der Waals surface area contributed by atoms with Crippen LogP contribution in [0.25, 0.3) is 11.3 Å². The summed E-state index contributed by atoms with van der Waals surface area (Å²) in [4.78, 5) is 10.4. The molecule has 78 valence electrons. The average Bonchev–Trinajstić information content (AvgIpc) is 2.72. The second kappa shape index (κ2) is 3.52. The van der Waals surface area contributed by atoms with E-state index >= 15 is 0 Å². The zero-order valence-corrected chi connectivity index (χ0v) is 8.03. The van der Waals surface area contributed by atoms with Gasteiger partial charge in [0.15, 0.2) is 0 Å². The Balaban J connectivity index is 2.23. The van der Waals surface area contributed by atoms with Crippen molar-refractivity contribution in [2.75, 3.05) is 0 Å². The van der Waals surface area contributed by atoms with E-state index in [0.29, 0.717) is 5.69 Å². The van der Waals surface area contributed by atoms with E-state index in [9.17, 15) is 4.79 Å². The third kappa shape index (κ3) is 2.01. The number of hydrogen-bond donors (Lipinski definition) is 1. The monoisotopic (exact) mass is 207 g/mol. The molecular formula is C8H9N5O2. The molecule has 2 aromatic heterocycles. The Morgan fingerprint density at radius 3 is 2.93 bits per heavy atom. The van der Waals surface area contributed by atoms with Gasteiger partial charge in [-0.2, -0.15) is 5.10 Å². The Morgan fingerprint density at radius 1 is 1.53 bits per heavy atom. The van der Waals surface area contributed by atoms with E-state index in [4.69, 9.17) is 5.11 Å². The van der Waals surface area contributed by atoms with Crippen molar-refractivity contribution < 1.29 is 9.90 Å². The first-order valence-electron chi connectivity index (χ1n) is 4.26. The highest BCUT2D eigenvalue weighted by atomic mass is 16.4. The summed E-state index contributed by atoms with van der Waals surface area (Å²) in [7, 11) is 1.80. The van der Waals surface area contributed by atoms with Crippen LogP contribution in [0.5, 0.6) is 0 Å². The Bertz CT molecular complexity index is 487. The first-order chi connectivity index (χ1) is 7.15. The van der Waals surface area contributed by atoms with E-state index < -0.39 is 5.97 Å². The highest BCUT2D eigenvalue weighted by Crippen LogP contribution is 2.13. The highest BCUT2D eigenvalue weighted by molar-refractivity contribution is 5.66. The van der Waals surface area contributed by atoms with Gasteiger partial charge in [0.1, 0.15) is 12.2 Å². The largest absolute Gasteiger partial charge is 0.480 e. The van der Waals surface area contributed by atoms with E-state index in [-0.39, 0.29) is 6.54 Å². The van der Waals surface area contributed by atoms with Crippen LogP contribution in [0.3, 0.4) is 0 Å². The van der Waals surface area contributed by atoms with Crippen molar-refractivity contribution >= 4 is 5.97 Å². The lowest BCUT2D eigenvalue weighted by molar-refractivity contribution is -0.137. The molecule has 2 aromatic rings. The Hall–Kier alpha value is -2.18. The van der Waals surface area contributed by atoms with E-state index in [2.05, 4.69) is 15.4 Å². The lowest BCUT2D eigenvalue weighted by Crippen LogP contribution is -2.08. The minimum atomic E-state index is -0.947. The molecule has 0 unspecified atom stereocenters. The van der Waals surface area contributed by atoms with Crippen LogP contribution < -0.4 is 0 Å². The van der Waals surface area contributed by atoms with Crippen molar-refractivity contribution in [2.45, 2.75) is 6.54 Å². The van der Waals surface area contributed by atoms with Gasteiger partial charge in [-0.25, -0.2) is 4.68 Å². The molecule has 0 aliphatic carbocycles. The van der Waals surface area contributed by atoms with Crippen LogP contribution in [-0.2, 0) is 18.4 Å². The average molecular weight is 207 g/mol. The zero-order valence-electron chi connectivity index (χ0n) is 8.03. The summed E-state index contributed by atoms with van der Waals surface area (Å²) in [5, 5.41) is 20.1. The summed E-state index contributed by atoms with van der Waals surface area (Å²) < 4.78 is 2.91. The molecule has 0 aliphatic rings. The van der Waals surface area contributed by atoms with Crippen LogP contribution in [0.2, 0.25) is 0 Å². The number of nitrogens with zero attached hydrogens (tertiary/aromatic N) is 5. The Kier molecular flexibility index (Phi) is 2.20. The quantitative estimate of drug-likeness (QED) is 0.750. The molecule has 0 fully saturated rings. The van der Waals surface area contributed by atoms with Crippen LogP contribution in [0.1, 0.15) is 0 Å². The third-order valence-electron chi connectivity index (χ3n) is 1.84. The molecule has 0 saturated carbocycles. The van der Waals surface area contributed by atoms with Crippen LogP contribution in [-0.4, -0.2) is 35.9 Å². The van der Waals surface area contributed by atoms with Crippen molar-refractivity contribution in [2.24, 2.45) is 7.05 Å². The molecule has 0 saturated heterocycles. The van der Waals surface area contributed by atoms with Gasteiger partial charge in [-0.1, -0.05) is 5.21 Å². The van der Waals surface area contributed by atoms with Crippen LogP contribution in [0, 0.1) is 0 Å². The molecule has 0 bridgehead atoms. The highest BCUT2D eigenvalue weighted by Gasteiger charge is 2.07. The fraction of sp³-hybridized carbons (Fsp3) is 0.250. The van der Waals surface area contributed by atoms with Gasteiger partial charge >= 0.3 is 5.97 Å². The molecule has 7 heteroatoms. The molecule has 15 heavy (non-hydrogen) atoms. The van der Waals surface area contributed by atoms with Gasteiger partial charge in [-0.15, -0.1) is 5.10 Å². The van der Waals surface area contributed by atoms with Crippen molar-refractivity contribution in [1.29, 1.82) is 0 Å². The number of carboxylic acids is 1. The van der Waals surface area contributed by atoms with E-state index in [1.165, 1.54) is 4.68 Å². The SMILES string of the molecule is Cn1cc(-c2cn(CC(=O)O)nn2)cn1. The second-order valence-corrected chi connectivity index (χ2v) is 3.10. The lowest BCUT2D eigenvalue weighted by Gasteiger charge is -1.90. The maximum Gasteiger partial charge on any atom is 0.325 e. The van der Waals surface area contributed by atoms with Gasteiger partial charge in [-0.3, -0.25) is 9.48 Å². The maximum atomic E-state index is 10.4. The number of aliphatic carboxylic acids is 1. The smallest absolute Gasteiger partial charge is 0.325 e. The maximum absolute atomic E-state index is 10.4. The molecular weight excluding hydrogens is 198 g/mol.